The molecule has 2 rings (SSSR count). The Bertz CT molecular complexity index is 585. The molecule has 0 bridgehead atoms. The summed E-state index contributed by atoms with van der Waals surface area (Å²) >= 11 is 0. The molecule has 1 aliphatic rings. The number of carbonyl (C=O) groups excluding carboxylic acids is 1. The zero-order valence-electron chi connectivity index (χ0n) is 11.6. The Morgan fingerprint density at radius 1 is 1.20 bits per heavy atom. The van der Waals surface area contributed by atoms with E-state index in [1.165, 1.54) is 0 Å². The van der Waals surface area contributed by atoms with E-state index in [9.17, 15) is 23.1 Å². The van der Waals surface area contributed by atoms with Crippen molar-refractivity contribution in [2.45, 2.75) is 44.9 Å². The van der Waals surface area contributed by atoms with E-state index in [1.54, 1.807) is 33.8 Å². The molecule has 0 fully saturated rings. The van der Waals surface area contributed by atoms with E-state index in [-0.39, 0.29) is 5.75 Å². The molecule has 0 saturated carbocycles. The minimum Gasteiger partial charge on any atom is -0.423 e. The number of hydrogen-bond donors (Lipinski definition) is 1. The first-order valence-electron chi connectivity index (χ1n) is 6.06. The molecule has 1 aromatic rings. The molecule has 0 aromatic heterocycles. The molecule has 0 spiro atoms. The lowest BCUT2D eigenvalue weighted by molar-refractivity contribution is -0.258. The average molecular weight is 288 g/mol. The molecule has 0 radical (unpaired) electrons. The highest BCUT2D eigenvalue weighted by molar-refractivity contribution is 5.90. The first-order chi connectivity index (χ1) is 8.89. The number of rotatable bonds is 0. The molecule has 0 saturated heterocycles. The Morgan fingerprint density at radius 3 is 2.20 bits per heavy atom. The molecule has 1 atom stereocenters. The fraction of sp³-hybridized carbons (Fsp3) is 0.500. The van der Waals surface area contributed by atoms with Crippen molar-refractivity contribution in [3.63, 3.8) is 0 Å². The molecular weight excluding hydrogens is 273 g/mol. The number of fused-ring (bicyclic) bond motifs is 1. The van der Waals surface area contributed by atoms with Crippen LogP contribution in [-0.4, -0.2) is 17.3 Å². The van der Waals surface area contributed by atoms with Crippen molar-refractivity contribution < 1.29 is 27.8 Å². The summed E-state index contributed by atoms with van der Waals surface area (Å²) in [7, 11) is 0. The molecule has 1 unspecified atom stereocenters. The van der Waals surface area contributed by atoms with E-state index in [2.05, 4.69) is 0 Å². The molecule has 110 valence electrons. The summed E-state index contributed by atoms with van der Waals surface area (Å²) in [5.41, 5.74) is -3.66. The molecule has 1 aromatic carbocycles. The third-order valence-corrected chi connectivity index (χ3v) is 3.33. The zero-order valence-corrected chi connectivity index (χ0v) is 11.6. The van der Waals surface area contributed by atoms with Gasteiger partial charge in [0.15, 0.2) is 0 Å². The maximum absolute atomic E-state index is 13.1. The fourth-order valence-electron chi connectivity index (χ4n) is 2.25. The molecule has 6 heteroatoms. The number of alkyl halides is 3. The third-order valence-electron chi connectivity index (χ3n) is 3.33. The first kappa shape index (κ1) is 14.8. The van der Waals surface area contributed by atoms with Gasteiger partial charge in [0.2, 0.25) is 0 Å². The lowest BCUT2D eigenvalue weighted by Gasteiger charge is -2.24. The molecule has 0 aliphatic carbocycles. The number of hydrogen-bond acceptors (Lipinski definition) is 3. The number of ether oxygens (including phenoxy) is 1. The standard InChI is InChI=1S/C14H15F3O3/c1-7-5-8(12(2,3)4)10-9(6-7)13(19,11(18)20-10)14(15,16)17/h5-6,19H,1-4H3. The van der Waals surface area contributed by atoms with Crippen molar-refractivity contribution in [1.82, 2.24) is 0 Å². The Hall–Kier alpha value is -1.56. The van der Waals surface area contributed by atoms with Crippen LogP contribution in [-0.2, 0) is 15.8 Å². The van der Waals surface area contributed by atoms with Gasteiger partial charge in [0, 0.05) is 11.1 Å². The second-order valence-electron chi connectivity index (χ2n) is 6.04. The second-order valence-corrected chi connectivity index (χ2v) is 6.04. The molecular formula is C14H15F3O3. The van der Waals surface area contributed by atoms with Crippen LogP contribution in [0.15, 0.2) is 12.1 Å². The number of carbonyl (C=O) groups is 1. The van der Waals surface area contributed by atoms with E-state index in [0.29, 0.717) is 11.1 Å². The Kier molecular flexibility index (Phi) is 2.95. The van der Waals surface area contributed by atoms with Crippen molar-refractivity contribution in [3.8, 4) is 5.75 Å². The number of halogens is 3. The van der Waals surface area contributed by atoms with Crippen molar-refractivity contribution in [1.29, 1.82) is 0 Å². The van der Waals surface area contributed by atoms with Gasteiger partial charge in [-0.2, -0.15) is 13.2 Å². The highest BCUT2D eigenvalue weighted by Gasteiger charge is 2.67. The molecule has 1 N–H and O–H groups in total. The van der Waals surface area contributed by atoms with E-state index in [0.717, 1.165) is 6.07 Å². The van der Waals surface area contributed by atoms with Gasteiger partial charge in [0.05, 0.1) is 0 Å². The van der Waals surface area contributed by atoms with Gasteiger partial charge in [-0.15, -0.1) is 0 Å². The summed E-state index contributed by atoms with van der Waals surface area (Å²) in [6.45, 7) is 6.98. The summed E-state index contributed by atoms with van der Waals surface area (Å²) in [5.74, 6) is -1.89. The maximum atomic E-state index is 13.1. The normalized spacial score (nSPS) is 22.7. The van der Waals surface area contributed by atoms with Crippen LogP contribution in [0, 0.1) is 6.92 Å². The second kappa shape index (κ2) is 3.97. The van der Waals surface area contributed by atoms with Crippen LogP contribution < -0.4 is 4.74 Å². The van der Waals surface area contributed by atoms with Gasteiger partial charge in [0.25, 0.3) is 5.60 Å². The van der Waals surface area contributed by atoms with Crippen LogP contribution in [0.25, 0.3) is 0 Å². The number of aryl methyl sites for hydroxylation is 1. The maximum Gasteiger partial charge on any atom is 0.432 e. The summed E-state index contributed by atoms with van der Waals surface area (Å²) in [6.07, 6.45) is -5.13. The summed E-state index contributed by atoms with van der Waals surface area (Å²) in [6, 6.07) is 2.80. The Balaban J connectivity index is 2.79. The van der Waals surface area contributed by atoms with Crippen molar-refractivity contribution >= 4 is 5.97 Å². The number of benzene rings is 1. The molecule has 3 nitrogen and oxygen atoms in total. The van der Waals surface area contributed by atoms with Crippen LogP contribution in [0.4, 0.5) is 13.2 Å². The van der Waals surface area contributed by atoms with Crippen molar-refractivity contribution in [2.24, 2.45) is 0 Å². The van der Waals surface area contributed by atoms with E-state index in [1.807, 2.05) is 0 Å². The van der Waals surface area contributed by atoms with Gasteiger partial charge in [-0.1, -0.05) is 32.4 Å². The summed E-state index contributed by atoms with van der Waals surface area (Å²) in [4.78, 5) is 11.6. The van der Waals surface area contributed by atoms with Crippen molar-refractivity contribution in [2.75, 3.05) is 0 Å². The predicted octanol–water partition coefficient (Wildman–Crippen LogP) is 2.96. The van der Waals surface area contributed by atoms with Gasteiger partial charge in [-0.3, -0.25) is 0 Å². The van der Waals surface area contributed by atoms with E-state index >= 15 is 0 Å². The molecule has 1 aliphatic heterocycles. The van der Waals surface area contributed by atoms with Crippen molar-refractivity contribution in [3.05, 3.63) is 28.8 Å². The highest BCUT2D eigenvalue weighted by atomic mass is 19.4. The number of aliphatic hydroxyl groups is 1. The van der Waals surface area contributed by atoms with Crippen LogP contribution in [0.1, 0.15) is 37.5 Å². The van der Waals surface area contributed by atoms with Gasteiger partial charge in [-0.25, -0.2) is 4.79 Å². The quantitative estimate of drug-likeness (QED) is 0.590. The Morgan fingerprint density at radius 2 is 1.75 bits per heavy atom. The summed E-state index contributed by atoms with van der Waals surface area (Å²) < 4.78 is 44.0. The number of esters is 1. The van der Waals surface area contributed by atoms with Crippen LogP contribution in [0.3, 0.4) is 0 Å². The molecule has 20 heavy (non-hydrogen) atoms. The summed E-state index contributed by atoms with van der Waals surface area (Å²) in [5, 5.41) is 9.86. The zero-order chi connectivity index (χ0) is 15.5. The van der Waals surface area contributed by atoms with Gasteiger partial charge >= 0.3 is 12.1 Å². The third kappa shape index (κ3) is 1.90. The van der Waals surface area contributed by atoms with Crippen LogP contribution in [0.5, 0.6) is 5.75 Å². The lowest BCUT2D eigenvalue weighted by Crippen LogP contribution is -2.47. The lowest BCUT2D eigenvalue weighted by atomic mass is 9.82. The largest absolute Gasteiger partial charge is 0.432 e. The average Bonchev–Trinajstić information content (AvgIpc) is 2.50. The topological polar surface area (TPSA) is 46.5 Å². The van der Waals surface area contributed by atoms with Crippen LogP contribution >= 0.6 is 0 Å². The molecule has 1 heterocycles. The highest BCUT2D eigenvalue weighted by Crippen LogP contribution is 2.51. The van der Waals surface area contributed by atoms with Gasteiger partial charge in [-0.05, 0) is 18.4 Å². The first-order valence-corrected chi connectivity index (χ1v) is 6.06. The molecule has 0 amide bonds. The smallest absolute Gasteiger partial charge is 0.423 e. The predicted molar refractivity (Wildman–Crippen MR) is 65.5 cm³/mol. The minimum absolute atomic E-state index is 0.187. The van der Waals surface area contributed by atoms with Gasteiger partial charge < -0.3 is 9.84 Å². The fourth-order valence-corrected chi connectivity index (χ4v) is 2.25. The SMILES string of the molecule is Cc1cc(C(C)(C)C)c2c(c1)C(O)(C(F)(F)F)C(=O)O2. The van der Waals surface area contributed by atoms with Gasteiger partial charge in [0.1, 0.15) is 5.75 Å². The Labute approximate surface area is 114 Å². The van der Waals surface area contributed by atoms with Crippen LogP contribution in [0.2, 0.25) is 0 Å². The van der Waals surface area contributed by atoms with E-state index < -0.39 is 28.7 Å². The van der Waals surface area contributed by atoms with E-state index in [4.69, 9.17) is 4.74 Å². The monoisotopic (exact) mass is 288 g/mol. The minimum atomic E-state index is -5.13.